The molecule has 146 valence electrons. The van der Waals surface area contributed by atoms with Gasteiger partial charge in [-0.15, -0.1) is 16.5 Å². The third-order valence-corrected chi connectivity index (χ3v) is 5.59. The van der Waals surface area contributed by atoms with Gasteiger partial charge in [-0.25, -0.2) is 4.98 Å². The monoisotopic (exact) mass is 395 g/mol. The van der Waals surface area contributed by atoms with Crippen LogP contribution in [-0.4, -0.2) is 37.3 Å². The molecular formula is C21H25N5OS. The van der Waals surface area contributed by atoms with Crippen LogP contribution in [0.2, 0.25) is 0 Å². The molecule has 28 heavy (non-hydrogen) atoms. The Hall–Kier alpha value is -2.64. The Morgan fingerprint density at radius 3 is 2.57 bits per heavy atom. The van der Waals surface area contributed by atoms with Crippen molar-refractivity contribution < 1.29 is 4.74 Å². The van der Waals surface area contributed by atoms with Gasteiger partial charge in [-0.2, -0.15) is 5.11 Å². The Bertz CT molecular complexity index is 920. The molecule has 0 bridgehead atoms. The first kappa shape index (κ1) is 20.1. The van der Waals surface area contributed by atoms with Gasteiger partial charge >= 0.3 is 0 Å². The van der Waals surface area contributed by atoms with E-state index >= 15 is 0 Å². The Morgan fingerprint density at radius 1 is 1.11 bits per heavy atom. The quantitative estimate of drug-likeness (QED) is 0.493. The number of rotatable bonds is 8. The second-order valence-corrected chi connectivity index (χ2v) is 7.91. The van der Waals surface area contributed by atoms with Gasteiger partial charge in [-0.3, -0.25) is 4.98 Å². The molecular weight excluding hydrogens is 370 g/mol. The third-order valence-electron chi connectivity index (χ3n) is 4.45. The zero-order valence-electron chi connectivity index (χ0n) is 16.7. The zero-order chi connectivity index (χ0) is 19.9. The maximum absolute atomic E-state index is 5.19. The molecule has 0 atom stereocenters. The summed E-state index contributed by atoms with van der Waals surface area (Å²) in [7, 11) is 3.69. The van der Waals surface area contributed by atoms with Crippen LogP contribution in [0.4, 0.5) is 11.6 Å². The lowest BCUT2D eigenvalue weighted by atomic mass is 10.1. The predicted molar refractivity (Wildman–Crippen MR) is 115 cm³/mol. The van der Waals surface area contributed by atoms with Gasteiger partial charge < -0.3 is 9.64 Å². The lowest BCUT2D eigenvalue weighted by Gasteiger charge is -2.18. The molecule has 3 rings (SSSR count). The number of hydrogen-bond donors (Lipinski definition) is 0. The summed E-state index contributed by atoms with van der Waals surface area (Å²) in [6.07, 6.45) is 3.57. The summed E-state index contributed by atoms with van der Waals surface area (Å²) in [4.78, 5) is 13.4. The van der Waals surface area contributed by atoms with Crippen LogP contribution >= 0.6 is 11.3 Å². The molecule has 0 aliphatic carbocycles. The Morgan fingerprint density at radius 2 is 1.89 bits per heavy atom. The van der Waals surface area contributed by atoms with Crippen LogP contribution in [0.25, 0.3) is 11.1 Å². The van der Waals surface area contributed by atoms with Gasteiger partial charge in [0.2, 0.25) is 0 Å². The molecule has 0 fully saturated rings. The lowest BCUT2D eigenvalue weighted by Crippen LogP contribution is -2.23. The normalized spacial score (nSPS) is 11.3. The molecule has 3 aromatic rings. The van der Waals surface area contributed by atoms with Crippen molar-refractivity contribution in [1.82, 2.24) is 9.97 Å². The second kappa shape index (κ2) is 9.52. The van der Waals surface area contributed by atoms with Crippen molar-refractivity contribution in [3.8, 4) is 11.1 Å². The first-order valence-electron chi connectivity index (χ1n) is 9.13. The molecule has 0 aliphatic rings. The number of hydrogen-bond acceptors (Lipinski definition) is 7. The van der Waals surface area contributed by atoms with E-state index in [0.717, 1.165) is 23.5 Å². The number of ether oxygens (including phenoxy) is 1. The standard InChI is InChI=1S/C21H25N5OS/c1-15-11-19(28-16(15)2)14-23-25-20-12-18(17-5-7-22-8-6-17)13-21(24-20)26(3)9-10-27-4/h5-8,11-13H,9-10,14H2,1-4H3. The van der Waals surface area contributed by atoms with Gasteiger partial charge in [0.05, 0.1) is 13.2 Å². The summed E-state index contributed by atoms with van der Waals surface area (Å²) < 4.78 is 5.19. The van der Waals surface area contributed by atoms with E-state index in [2.05, 4.69) is 51.1 Å². The summed E-state index contributed by atoms with van der Waals surface area (Å²) in [6, 6.07) is 10.1. The maximum Gasteiger partial charge on any atom is 0.176 e. The van der Waals surface area contributed by atoms with Crippen LogP contribution in [0.5, 0.6) is 0 Å². The average molecular weight is 396 g/mol. The molecule has 0 radical (unpaired) electrons. The van der Waals surface area contributed by atoms with E-state index in [1.54, 1.807) is 30.8 Å². The first-order chi connectivity index (χ1) is 13.6. The van der Waals surface area contributed by atoms with Gasteiger partial charge in [-0.05, 0) is 60.9 Å². The van der Waals surface area contributed by atoms with Crippen molar-refractivity contribution in [2.24, 2.45) is 10.2 Å². The predicted octanol–water partition coefficient (Wildman–Crippen LogP) is 5.19. The molecule has 0 aromatic carbocycles. The fraction of sp³-hybridized carbons (Fsp3) is 0.333. The number of likely N-dealkylation sites (N-methyl/N-ethyl adjacent to an activating group) is 1. The van der Waals surface area contributed by atoms with Crippen molar-refractivity contribution in [3.63, 3.8) is 0 Å². The first-order valence-corrected chi connectivity index (χ1v) is 9.94. The minimum absolute atomic E-state index is 0.565. The van der Waals surface area contributed by atoms with Gasteiger partial charge in [0.15, 0.2) is 5.82 Å². The van der Waals surface area contributed by atoms with Crippen LogP contribution < -0.4 is 4.90 Å². The number of thiophene rings is 1. The van der Waals surface area contributed by atoms with E-state index in [1.807, 2.05) is 25.2 Å². The zero-order valence-corrected chi connectivity index (χ0v) is 17.5. The Kier molecular flexibility index (Phi) is 6.84. The van der Waals surface area contributed by atoms with E-state index in [0.29, 0.717) is 19.0 Å². The van der Waals surface area contributed by atoms with Crippen molar-refractivity contribution >= 4 is 23.0 Å². The number of azo groups is 1. The van der Waals surface area contributed by atoms with Gasteiger partial charge in [0.1, 0.15) is 5.82 Å². The van der Waals surface area contributed by atoms with Crippen LogP contribution in [0.3, 0.4) is 0 Å². The summed E-state index contributed by atoms with van der Waals surface area (Å²) in [6.45, 7) is 6.19. The highest BCUT2D eigenvalue weighted by atomic mass is 32.1. The van der Waals surface area contributed by atoms with Crippen LogP contribution in [0.15, 0.2) is 53.0 Å². The molecule has 0 unspecified atom stereocenters. The molecule has 0 N–H and O–H groups in total. The maximum atomic E-state index is 5.19. The lowest BCUT2D eigenvalue weighted by molar-refractivity contribution is 0.206. The summed E-state index contributed by atoms with van der Waals surface area (Å²) >= 11 is 1.76. The van der Waals surface area contributed by atoms with E-state index < -0.39 is 0 Å². The smallest absolute Gasteiger partial charge is 0.176 e. The number of aryl methyl sites for hydroxylation is 2. The van der Waals surface area contributed by atoms with Crippen molar-refractivity contribution in [1.29, 1.82) is 0 Å². The number of methoxy groups -OCH3 is 1. The molecule has 6 nitrogen and oxygen atoms in total. The van der Waals surface area contributed by atoms with Crippen LogP contribution in [-0.2, 0) is 11.3 Å². The molecule has 0 spiro atoms. The number of aromatic nitrogens is 2. The third kappa shape index (κ3) is 5.21. The van der Waals surface area contributed by atoms with Gasteiger partial charge in [-0.1, -0.05) is 0 Å². The van der Waals surface area contributed by atoms with Crippen LogP contribution in [0.1, 0.15) is 15.3 Å². The van der Waals surface area contributed by atoms with Gasteiger partial charge in [0.25, 0.3) is 0 Å². The fourth-order valence-corrected chi connectivity index (χ4v) is 3.68. The molecule has 0 amide bonds. The fourth-order valence-electron chi connectivity index (χ4n) is 2.71. The highest BCUT2D eigenvalue weighted by Gasteiger charge is 2.09. The minimum Gasteiger partial charge on any atom is -0.383 e. The number of anilines is 1. The average Bonchev–Trinajstić information content (AvgIpc) is 3.04. The molecule has 0 saturated heterocycles. The van der Waals surface area contributed by atoms with Crippen molar-refractivity contribution in [2.45, 2.75) is 20.4 Å². The highest BCUT2D eigenvalue weighted by Crippen LogP contribution is 2.28. The van der Waals surface area contributed by atoms with Crippen molar-refractivity contribution in [3.05, 3.63) is 58.0 Å². The van der Waals surface area contributed by atoms with E-state index in [1.165, 1.54) is 15.3 Å². The highest BCUT2D eigenvalue weighted by molar-refractivity contribution is 7.12. The molecule has 7 heteroatoms. The van der Waals surface area contributed by atoms with Crippen LogP contribution in [0, 0.1) is 13.8 Å². The van der Waals surface area contributed by atoms with Crippen molar-refractivity contribution in [2.75, 3.05) is 32.2 Å². The SMILES string of the molecule is COCCN(C)c1cc(-c2ccncc2)cc(N=NCc2cc(C)c(C)s2)n1. The molecule has 0 saturated carbocycles. The minimum atomic E-state index is 0.565. The summed E-state index contributed by atoms with van der Waals surface area (Å²) in [5, 5.41) is 8.78. The van der Waals surface area contributed by atoms with E-state index in [9.17, 15) is 0 Å². The van der Waals surface area contributed by atoms with E-state index in [4.69, 9.17) is 4.74 Å². The molecule has 3 heterocycles. The largest absolute Gasteiger partial charge is 0.383 e. The number of pyridine rings is 2. The summed E-state index contributed by atoms with van der Waals surface area (Å²) in [5.41, 5.74) is 3.41. The Labute approximate surface area is 170 Å². The summed E-state index contributed by atoms with van der Waals surface area (Å²) in [5.74, 6) is 1.43. The topological polar surface area (TPSA) is 63.0 Å². The number of nitrogens with zero attached hydrogens (tertiary/aromatic N) is 5. The Balaban J connectivity index is 1.86. The van der Waals surface area contributed by atoms with Gasteiger partial charge in [0, 0.05) is 42.9 Å². The van der Waals surface area contributed by atoms with E-state index in [-0.39, 0.29) is 0 Å². The molecule has 3 aromatic heterocycles. The molecule has 0 aliphatic heterocycles. The second-order valence-electron chi connectivity index (χ2n) is 6.57.